The Morgan fingerprint density at radius 1 is 1.11 bits per heavy atom. The number of hydrogen-bond donors (Lipinski definition) is 2. The standard InChI is InChI=1S/C24H14F6N6O2/c1-10-20(34-23(38)19-7-14(22(32)37)13-3-2-12(25)6-18(13)33-19)21(24(28,29)30)35-36(10)9-15-16(26)4-11(8-31)5-17(15)27/h2-7H,9H2,1H3,(H2,32,37)(H,34,38). The molecule has 0 aliphatic carbocycles. The van der Waals surface area contributed by atoms with E-state index < -0.39 is 64.6 Å². The Morgan fingerprint density at radius 3 is 2.34 bits per heavy atom. The van der Waals surface area contributed by atoms with E-state index in [4.69, 9.17) is 11.0 Å². The fraction of sp³-hybridized carbons (Fsp3) is 0.125. The molecule has 0 fully saturated rings. The van der Waals surface area contributed by atoms with Crippen molar-refractivity contribution in [1.29, 1.82) is 5.26 Å². The molecule has 38 heavy (non-hydrogen) atoms. The van der Waals surface area contributed by atoms with Crippen LogP contribution in [0.4, 0.5) is 32.0 Å². The molecule has 4 aromatic rings. The van der Waals surface area contributed by atoms with Crippen molar-refractivity contribution in [2.24, 2.45) is 5.73 Å². The van der Waals surface area contributed by atoms with Crippen LogP contribution in [0.5, 0.6) is 0 Å². The first-order valence-electron chi connectivity index (χ1n) is 10.5. The summed E-state index contributed by atoms with van der Waals surface area (Å²) < 4.78 is 84.4. The van der Waals surface area contributed by atoms with Gasteiger partial charge >= 0.3 is 6.18 Å². The van der Waals surface area contributed by atoms with Crippen LogP contribution in [-0.4, -0.2) is 26.6 Å². The Balaban J connectivity index is 1.77. The molecule has 194 valence electrons. The highest BCUT2D eigenvalue weighted by Crippen LogP contribution is 2.36. The van der Waals surface area contributed by atoms with E-state index >= 15 is 0 Å². The summed E-state index contributed by atoms with van der Waals surface area (Å²) in [6, 6.07) is 7.07. The van der Waals surface area contributed by atoms with E-state index in [0.717, 1.165) is 37.3 Å². The van der Waals surface area contributed by atoms with E-state index in [2.05, 4.69) is 10.1 Å². The molecule has 2 heterocycles. The number of nitrogens with one attached hydrogen (secondary N) is 1. The van der Waals surface area contributed by atoms with Gasteiger partial charge in [-0.3, -0.25) is 14.3 Å². The van der Waals surface area contributed by atoms with Crippen molar-refractivity contribution in [3.63, 3.8) is 0 Å². The molecule has 0 bridgehead atoms. The molecule has 0 unspecified atom stereocenters. The van der Waals surface area contributed by atoms with Crippen molar-refractivity contribution >= 4 is 28.4 Å². The number of fused-ring (bicyclic) bond motifs is 1. The van der Waals surface area contributed by atoms with Crippen LogP contribution in [0, 0.1) is 35.7 Å². The predicted molar refractivity (Wildman–Crippen MR) is 120 cm³/mol. The number of anilines is 1. The molecule has 0 atom stereocenters. The molecule has 0 aliphatic heterocycles. The van der Waals surface area contributed by atoms with Gasteiger partial charge in [0.25, 0.3) is 5.91 Å². The number of halogens is 6. The van der Waals surface area contributed by atoms with Crippen molar-refractivity contribution in [3.8, 4) is 6.07 Å². The molecule has 2 aromatic heterocycles. The summed E-state index contributed by atoms with van der Waals surface area (Å²) in [5.41, 5.74) is 0.679. The number of nitrogens with zero attached hydrogens (tertiary/aromatic N) is 4. The number of hydrogen-bond acceptors (Lipinski definition) is 5. The van der Waals surface area contributed by atoms with Gasteiger partial charge in [-0.25, -0.2) is 18.2 Å². The van der Waals surface area contributed by atoms with Crippen molar-refractivity contribution < 1.29 is 35.9 Å². The maximum atomic E-state index is 14.4. The molecule has 2 aromatic carbocycles. The van der Waals surface area contributed by atoms with Gasteiger partial charge in [-0.2, -0.15) is 23.5 Å². The third kappa shape index (κ3) is 4.85. The Bertz CT molecular complexity index is 1650. The van der Waals surface area contributed by atoms with Gasteiger partial charge in [0.05, 0.1) is 40.6 Å². The Morgan fingerprint density at radius 2 is 1.76 bits per heavy atom. The molecule has 14 heteroatoms. The second-order valence-corrected chi connectivity index (χ2v) is 8.03. The summed E-state index contributed by atoms with van der Waals surface area (Å²) in [6.07, 6.45) is -5.10. The summed E-state index contributed by atoms with van der Waals surface area (Å²) in [7, 11) is 0. The highest BCUT2D eigenvalue weighted by molar-refractivity contribution is 6.10. The average molecular weight is 532 g/mol. The number of alkyl halides is 3. The number of benzene rings is 2. The first-order chi connectivity index (χ1) is 17.8. The minimum atomic E-state index is -5.10. The molecule has 0 saturated heterocycles. The fourth-order valence-corrected chi connectivity index (χ4v) is 3.72. The zero-order valence-corrected chi connectivity index (χ0v) is 19.1. The van der Waals surface area contributed by atoms with Gasteiger partial charge in [-0.05, 0) is 37.3 Å². The van der Waals surface area contributed by atoms with Crippen LogP contribution in [0.1, 0.15) is 43.4 Å². The number of carbonyl (C=O) groups excluding carboxylic acids is 2. The maximum absolute atomic E-state index is 14.4. The van der Waals surface area contributed by atoms with Gasteiger partial charge in [-0.1, -0.05) is 0 Å². The van der Waals surface area contributed by atoms with E-state index in [-0.39, 0.29) is 27.7 Å². The number of rotatable bonds is 5. The normalized spacial score (nSPS) is 11.4. The Kier molecular flexibility index (Phi) is 6.54. The number of aromatic nitrogens is 3. The van der Waals surface area contributed by atoms with E-state index in [9.17, 15) is 35.9 Å². The van der Waals surface area contributed by atoms with Gasteiger partial charge in [0, 0.05) is 17.0 Å². The van der Waals surface area contributed by atoms with Crippen LogP contribution >= 0.6 is 0 Å². The lowest BCUT2D eigenvalue weighted by Crippen LogP contribution is -2.19. The van der Waals surface area contributed by atoms with Crippen molar-refractivity contribution in [2.75, 3.05) is 5.32 Å². The highest BCUT2D eigenvalue weighted by atomic mass is 19.4. The molecule has 3 N–H and O–H groups in total. The molecule has 8 nitrogen and oxygen atoms in total. The maximum Gasteiger partial charge on any atom is 0.437 e. The summed E-state index contributed by atoms with van der Waals surface area (Å²) in [5, 5.41) is 14.3. The predicted octanol–water partition coefficient (Wildman–Crippen LogP) is 4.45. The lowest BCUT2D eigenvalue weighted by molar-refractivity contribution is -0.140. The van der Waals surface area contributed by atoms with Crippen LogP contribution < -0.4 is 11.1 Å². The third-order valence-corrected chi connectivity index (χ3v) is 5.56. The number of pyridine rings is 1. The second-order valence-electron chi connectivity index (χ2n) is 8.03. The topological polar surface area (TPSA) is 127 Å². The zero-order chi connectivity index (χ0) is 27.9. The smallest absolute Gasteiger partial charge is 0.366 e. The molecule has 0 spiro atoms. The molecule has 2 amide bonds. The first-order valence-corrected chi connectivity index (χ1v) is 10.5. The number of amides is 2. The monoisotopic (exact) mass is 532 g/mol. The highest BCUT2D eigenvalue weighted by Gasteiger charge is 2.39. The SMILES string of the molecule is Cc1c(NC(=O)c2cc(C(N)=O)c3ccc(F)cc3n2)c(C(F)(F)F)nn1Cc1c(F)cc(C#N)cc1F. The minimum Gasteiger partial charge on any atom is -0.366 e. The van der Waals surface area contributed by atoms with Crippen molar-refractivity contribution in [1.82, 2.24) is 14.8 Å². The minimum absolute atomic E-state index is 0.113. The third-order valence-electron chi connectivity index (χ3n) is 5.56. The Hall–Kier alpha value is -4.93. The van der Waals surface area contributed by atoms with Gasteiger partial charge in [0.1, 0.15) is 23.1 Å². The van der Waals surface area contributed by atoms with Crippen LogP contribution in [0.15, 0.2) is 36.4 Å². The number of primary amides is 1. The van der Waals surface area contributed by atoms with E-state index in [0.29, 0.717) is 4.68 Å². The van der Waals surface area contributed by atoms with Crippen molar-refractivity contribution in [3.05, 3.63) is 87.6 Å². The van der Waals surface area contributed by atoms with E-state index in [1.807, 2.05) is 5.32 Å². The molecule has 0 saturated carbocycles. The van der Waals surface area contributed by atoms with Crippen LogP contribution in [0.25, 0.3) is 10.9 Å². The van der Waals surface area contributed by atoms with Gasteiger partial charge in [0.2, 0.25) is 5.91 Å². The second kappa shape index (κ2) is 9.51. The summed E-state index contributed by atoms with van der Waals surface area (Å²) in [4.78, 5) is 28.7. The van der Waals surface area contributed by atoms with Crippen LogP contribution in [-0.2, 0) is 12.7 Å². The lowest BCUT2D eigenvalue weighted by atomic mass is 10.1. The van der Waals surface area contributed by atoms with Gasteiger partial charge in [-0.15, -0.1) is 0 Å². The lowest BCUT2D eigenvalue weighted by Gasteiger charge is -2.11. The number of nitrogens with two attached hydrogens (primary N) is 1. The number of nitriles is 1. The van der Waals surface area contributed by atoms with Crippen LogP contribution in [0.2, 0.25) is 0 Å². The summed E-state index contributed by atoms with van der Waals surface area (Å²) in [5.74, 6) is -5.33. The number of carbonyl (C=O) groups is 2. The van der Waals surface area contributed by atoms with Gasteiger partial charge < -0.3 is 11.1 Å². The Labute approximate surface area is 209 Å². The average Bonchev–Trinajstić information content (AvgIpc) is 3.15. The largest absolute Gasteiger partial charge is 0.437 e. The summed E-state index contributed by atoms with van der Waals surface area (Å²) in [6.45, 7) is 0.322. The molecule has 4 rings (SSSR count). The molecular weight excluding hydrogens is 518 g/mol. The van der Waals surface area contributed by atoms with E-state index in [1.165, 1.54) is 6.07 Å². The molecule has 0 radical (unpaired) electrons. The first kappa shape index (κ1) is 26.1. The van der Waals surface area contributed by atoms with Crippen molar-refractivity contribution in [2.45, 2.75) is 19.6 Å². The quantitative estimate of drug-likeness (QED) is 0.368. The molecular formula is C24H14F6N6O2. The van der Waals surface area contributed by atoms with Gasteiger partial charge in [0.15, 0.2) is 5.69 Å². The van der Waals surface area contributed by atoms with E-state index in [1.54, 1.807) is 6.07 Å². The van der Waals surface area contributed by atoms with Crippen LogP contribution in [0.3, 0.4) is 0 Å². The summed E-state index contributed by atoms with van der Waals surface area (Å²) >= 11 is 0. The zero-order valence-electron chi connectivity index (χ0n) is 19.1. The molecule has 0 aliphatic rings. The fourth-order valence-electron chi connectivity index (χ4n) is 3.72.